The fourth-order valence-electron chi connectivity index (χ4n) is 6.41. The Kier molecular flexibility index (Phi) is 15.4. The molecule has 10 N–H and O–H groups in total. The highest BCUT2D eigenvalue weighted by molar-refractivity contribution is 7.99. The average molecular weight is 694 g/mol. The van der Waals surface area contributed by atoms with Crippen molar-refractivity contribution in [3.63, 3.8) is 0 Å². The molecule has 0 radical (unpaired) electrons. The molecule has 2 aromatic carbocycles. The van der Waals surface area contributed by atoms with Crippen molar-refractivity contribution < 1.29 is 45.6 Å². The van der Waals surface area contributed by atoms with Crippen LogP contribution in [0, 0.1) is 5.41 Å². The number of hydrogen-bond acceptors (Lipinski definition) is 12. The van der Waals surface area contributed by atoms with Crippen LogP contribution in [0.25, 0.3) is 0 Å². The Morgan fingerprint density at radius 1 is 1.00 bits per heavy atom. The molecule has 1 unspecified atom stereocenters. The van der Waals surface area contributed by atoms with E-state index in [0.29, 0.717) is 59.6 Å². The van der Waals surface area contributed by atoms with Gasteiger partial charge in [0.15, 0.2) is 0 Å². The Hall–Kier alpha value is -2.46. The molecular weight excluding hydrogens is 638 g/mol. The van der Waals surface area contributed by atoms with E-state index < -0.39 is 53.9 Å². The summed E-state index contributed by atoms with van der Waals surface area (Å²) in [6.45, 7) is 3.69. The maximum absolute atomic E-state index is 12.9. The minimum atomic E-state index is -1.68. The van der Waals surface area contributed by atoms with Crippen molar-refractivity contribution in [1.29, 1.82) is 0 Å². The van der Waals surface area contributed by atoms with Crippen LogP contribution < -0.4 is 15.5 Å². The summed E-state index contributed by atoms with van der Waals surface area (Å²) in [5.41, 5.74) is 0.670. The third-order valence-corrected chi connectivity index (χ3v) is 10.8. The molecule has 13 heteroatoms. The van der Waals surface area contributed by atoms with E-state index in [2.05, 4.69) is 17.6 Å². The quantitative estimate of drug-likeness (QED) is 0.102. The van der Waals surface area contributed by atoms with Gasteiger partial charge >= 0.3 is 0 Å². The number of hydrogen-bond donors (Lipinski definition) is 10. The van der Waals surface area contributed by atoms with E-state index in [1.807, 2.05) is 50.2 Å². The number of carbonyl (C=O) groups excluding carboxylic acids is 1. The summed E-state index contributed by atoms with van der Waals surface area (Å²) in [5.74, 6) is -0.834. The second-order valence-corrected chi connectivity index (χ2v) is 14.1. The number of nitrogens with one attached hydrogen (secondary N) is 2. The van der Waals surface area contributed by atoms with Gasteiger partial charge in [-0.15, -0.1) is 0 Å². The van der Waals surface area contributed by atoms with E-state index in [9.17, 15) is 40.5 Å². The van der Waals surface area contributed by atoms with Gasteiger partial charge in [-0.05, 0) is 62.1 Å². The average Bonchev–Trinajstić information content (AvgIpc) is 3.15. The molecule has 1 heterocycles. The molecule has 0 saturated heterocycles. The van der Waals surface area contributed by atoms with Crippen LogP contribution in [0.2, 0.25) is 0 Å². The van der Waals surface area contributed by atoms with Crippen LogP contribution in [0.15, 0.2) is 41.3 Å². The van der Waals surface area contributed by atoms with Gasteiger partial charge in [-0.2, -0.15) is 0 Å². The number of benzene rings is 2. The number of phenols is 1. The molecule has 1 amide bonds. The molecule has 8 atom stereocenters. The minimum absolute atomic E-state index is 0.0488. The van der Waals surface area contributed by atoms with Crippen LogP contribution in [0.4, 0.5) is 11.4 Å². The minimum Gasteiger partial charge on any atom is -0.505 e. The number of fused-ring (bicyclic) bond motifs is 1. The lowest BCUT2D eigenvalue weighted by atomic mass is 9.68. The van der Waals surface area contributed by atoms with Gasteiger partial charge in [-0.25, -0.2) is 0 Å². The highest BCUT2D eigenvalue weighted by Gasteiger charge is 2.50. The molecule has 0 bridgehead atoms. The van der Waals surface area contributed by atoms with Gasteiger partial charge in [0.05, 0.1) is 24.5 Å². The lowest BCUT2D eigenvalue weighted by molar-refractivity contribution is -0.116. The Morgan fingerprint density at radius 2 is 1.71 bits per heavy atom. The number of unbranched alkanes of at least 4 members (excludes halogenated alkanes) is 2. The molecule has 12 nitrogen and oxygen atoms in total. The van der Waals surface area contributed by atoms with E-state index in [1.54, 1.807) is 12.1 Å². The largest absolute Gasteiger partial charge is 0.505 e. The van der Waals surface area contributed by atoms with Crippen molar-refractivity contribution in [2.75, 3.05) is 44.0 Å². The van der Waals surface area contributed by atoms with E-state index in [-0.39, 0.29) is 24.6 Å². The van der Waals surface area contributed by atoms with Gasteiger partial charge in [-0.3, -0.25) is 4.79 Å². The second-order valence-electron chi connectivity index (χ2n) is 13.0. The lowest BCUT2D eigenvalue weighted by Crippen LogP contribution is -2.49. The van der Waals surface area contributed by atoms with Gasteiger partial charge in [0.1, 0.15) is 29.5 Å². The van der Waals surface area contributed by atoms with Crippen molar-refractivity contribution >= 4 is 29.0 Å². The zero-order chi connectivity index (χ0) is 35.6. The molecule has 0 aliphatic carbocycles. The van der Waals surface area contributed by atoms with Crippen LogP contribution in [-0.4, -0.2) is 117 Å². The molecule has 2 aromatic rings. The van der Waals surface area contributed by atoms with Gasteiger partial charge < -0.3 is 56.4 Å². The number of phenolic OH excluding ortho intramolecular Hbond substituents is 1. The maximum atomic E-state index is 12.9. The first-order valence-electron chi connectivity index (χ1n) is 16.8. The monoisotopic (exact) mass is 693 g/mol. The number of aromatic hydroxyl groups is 1. The van der Waals surface area contributed by atoms with Gasteiger partial charge in [0.2, 0.25) is 5.91 Å². The molecule has 0 aromatic heterocycles. The first-order chi connectivity index (χ1) is 22.8. The third kappa shape index (κ3) is 9.40. The van der Waals surface area contributed by atoms with Crippen LogP contribution in [0.1, 0.15) is 75.8 Å². The Morgan fingerprint density at radius 3 is 2.35 bits per heavy atom. The van der Waals surface area contributed by atoms with Crippen molar-refractivity contribution in [2.24, 2.45) is 5.41 Å². The van der Waals surface area contributed by atoms with Crippen LogP contribution in [-0.2, 0) is 4.79 Å². The third-order valence-electron chi connectivity index (χ3n) is 9.45. The fraction of sp³-hybridized carbons (Fsp3) is 0.629. The Bertz CT molecular complexity index is 1320. The topological polar surface area (TPSA) is 206 Å². The zero-order valence-electron chi connectivity index (χ0n) is 28.4. The first kappa shape index (κ1) is 40.0. The number of amides is 1. The molecule has 0 fully saturated rings. The predicted octanol–water partition coefficient (Wildman–Crippen LogP) is 2.10. The zero-order valence-corrected chi connectivity index (χ0v) is 29.2. The van der Waals surface area contributed by atoms with E-state index >= 15 is 0 Å². The van der Waals surface area contributed by atoms with Gasteiger partial charge in [-0.1, -0.05) is 50.6 Å². The lowest BCUT2D eigenvalue weighted by Gasteiger charge is -2.42. The Balaban J connectivity index is 1.74. The van der Waals surface area contributed by atoms with Crippen molar-refractivity contribution in [1.82, 2.24) is 5.32 Å². The number of nitrogens with zero attached hydrogens (tertiary/aromatic N) is 1. The fourth-order valence-corrected chi connectivity index (χ4v) is 7.80. The number of carbonyl (C=O) groups is 1. The summed E-state index contributed by atoms with van der Waals surface area (Å²) in [4.78, 5) is 15.4. The van der Waals surface area contributed by atoms with Crippen molar-refractivity contribution in [3.8, 4) is 5.75 Å². The Labute approximate surface area is 287 Å². The molecule has 0 saturated carbocycles. The second kappa shape index (κ2) is 18.5. The molecule has 3 rings (SSSR count). The summed E-state index contributed by atoms with van der Waals surface area (Å²) in [6.07, 6.45) is -3.04. The number of thioether (sulfide) groups is 1. The summed E-state index contributed by atoms with van der Waals surface area (Å²) < 4.78 is 0. The normalized spacial score (nSPS) is 23.4. The summed E-state index contributed by atoms with van der Waals surface area (Å²) in [7, 11) is 3.67. The number of aliphatic hydroxyl groups excluding tert-OH is 7. The predicted molar refractivity (Wildman–Crippen MR) is 187 cm³/mol. The summed E-state index contributed by atoms with van der Waals surface area (Å²) >= 11 is 1.27. The first-order valence-corrected chi connectivity index (χ1v) is 17.7. The smallest absolute Gasteiger partial charge is 0.224 e. The molecule has 0 spiro atoms. The number of aliphatic hydroxyl groups is 7. The van der Waals surface area contributed by atoms with Crippen LogP contribution in [0.5, 0.6) is 5.75 Å². The molecule has 48 heavy (non-hydrogen) atoms. The van der Waals surface area contributed by atoms with Crippen molar-refractivity contribution in [2.45, 2.75) is 106 Å². The number of anilines is 2. The molecule has 1 aliphatic heterocycles. The van der Waals surface area contributed by atoms with Crippen LogP contribution in [0.3, 0.4) is 0 Å². The van der Waals surface area contributed by atoms with E-state index in [0.717, 1.165) is 12.8 Å². The van der Waals surface area contributed by atoms with E-state index in [4.69, 9.17) is 5.11 Å². The SMILES string of the molecule is CCCC[C@]1(CC)C(O)Sc2ccc(N(C)C)c(O)c2[C@@H](c2cccc(NC(=O)CCCCNC[C@H](O)[C@@H](O)[C@H](O)[C@H](O)CO)c2)[C@H]1O. The van der Waals surface area contributed by atoms with Crippen molar-refractivity contribution in [3.05, 3.63) is 47.5 Å². The van der Waals surface area contributed by atoms with Gasteiger partial charge in [0.25, 0.3) is 0 Å². The summed E-state index contributed by atoms with van der Waals surface area (Å²) in [5, 5.41) is 89.3. The molecule has 270 valence electrons. The molecular formula is C35H55N3O9S. The highest BCUT2D eigenvalue weighted by Crippen LogP contribution is 2.56. The highest BCUT2D eigenvalue weighted by atomic mass is 32.2. The number of rotatable bonds is 18. The standard InChI is InChI=1S/C35H55N3O9S/c1-5-7-16-35(6-2)33(46)28(29-26(48-34(35)47)15-14-23(30(29)43)38(3)4)21-11-10-12-22(18-21)37-27(42)13-8-9-17-36-19-24(40)31(44)32(45)25(41)20-39/h10-12,14-15,18,24-25,28,31-34,36,39-41,43-47H,5-9,13,16-17,19-20H2,1-4H3,(H,37,42)/t24-,25+,28+,31+,32+,33+,34?,35-/m0/s1. The summed E-state index contributed by atoms with van der Waals surface area (Å²) in [6, 6.07) is 11.0. The molecule has 1 aliphatic rings. The van der Waals surface area contributed by atoms with Crippen LogP contribution >= 0.6 is 11.8 Å². The maximum Gasteiger partial charge on any atom is 0.224 e. The van der Waals surface area contributed by atoms with Gasteiger partial charge in [0, 0.05) is 54.5 Å². The van der Waals surface area contributed by atoms with E-state index in [1.165, 1.54) is 11.8 Å².